The Morgan fingerprint density at radius 1 is 1.03 bits per heavy atom. The van der Waals surface area contributed by atoms with Crippen LogP contribution in [0.25, 0.3) is 0 Å². The number of amides is 1. The van der Waals surface area contributed by atoms with E-state index < -0.39 is 0 Å². The average Bonchev–Trinajstić information content (AvgIpc) is 3.45. The Morgan fingerprint density at radius 2 is 1.85 bits per heavy atom. The number of carbonyl (C=O) groups is 1. The molecule has 8 heteroatoms. The van der Waals surface area contributed by atoms with Crippen molar-refractivity contribution >= 4 is 35.1 Å². The first-order valence-corrected chi connectivity index (χ1v) is 13.4. The Morgan fingerprint density at radius 3 is 2.65 bits per heavy atom. The number of furan rings is 1. The Balaban J connectivity index is 1.26. The number of anilines is 1. The highest BCUT2D eigenvalue weighted by molar-refractivity contribution is 8.00. The quantitative estimate of drug-likeness (QED) is 0.308. The number of nitrogens with zero attached hydrogens (tertiary/aromatic N) is 4. The maximum atomic E-state index is 13.7. The first kappa shape index (κ1) is 21.6. The van der Waals surface area contributed by atoms with E-state index in [9.17, 15) is 4.79 Å². The fourth-order valence-electron chi connectivity index (χ4n) is 4.37. The molecule has 4 aromatic rings. The third-order valence-corrected chi connectivity index (χ3v) is 8.28. The molecule has 0 radical (unpaired) electrons. The SMILES string of the molecule is O=C(CSc1nnc(C2CC2)n1Cc1ccco1)N1c2ccccc2SCC1c1ccccc1. The van der Waals surface area contributed by atoms with Gasteiger partial charge in [0.05, 0.1) is 30.3 Å². The van der Waals surface area contributed by atoms with Crippen LogP contribution in [0.4, 0.5) is 5.69 Å². The van der Waals surface area contributed by atoms with E-state index >= 15 is 0 Å². The first-order valence-electron chi connectivity index (χ1n) is 11.4. The van der Waals surface area contributed by atoms with Gasteiger partial charge in [0.15, 0.2) is 5.16 Å². The van der Waals surface area contributed by atoms with Gasteiger partial charge in [0.1, 0.15) is 11.6 Å². The minimum atomic E-state index is -0.00258. The number of fused-ring (bicyclic) bond motifs is 1. The zero-order chi connectivity index (χ0) is 22.9. The molecule has 2 aliphatic rings. The summed E-state index contributed by atoms with van der Waals surface area (Å²) in [6.45, 7) is 0.582. The number of hydrogen-bond acceptors (Lipinski definition) is 6. The van der Waals surface area contributed by atoms with E-state index in [2.05, 4.69) is 33.0 Å². The lowest BCUT2D eigenvalue weighted by atomic mass is 10.1. The lowest BCUT2D eigenvalue weighted by Gasteiger charge is -2.37. The van der Waals surface area contributed by atoms with E-state index in [0.717, 1.165) is 51.5 Å². The summed E-state index contributed by atoms with van der Waals surface area (Å²) in [5, 5.41) is 9.69. The monoisotopic (exact) mass is 488 g/mol. The summed E-state index contributed by atoms with van der Waals surface area (Å²) in [6.07, 6.45) is 3.96. The summed E-state index contributed by atoms with van der Waals surface area (Å²) in [7, 11) is 0. The predicted octanol–water partition coefficient (Wildman–Crippen LogP) is 5.77. The molecular formula is C26H24N4O2S2. The maximum absolute atomic E-state index is 13.7. The van der Waals surface area contributed by atoms with Crippen molar-refractivity contribution in [1.82, 2.24) is 14.8 Å². The second kappa shape index (κ2) is 9.35. The van der Waals surface area contributed by atoms with Crippen molar-refractivity contribution in [3.63, 3.8) is 0 Å². The summed E-state index contributed by atoms with van der Waals surface area (Å²) >= 11 is 3.27. The Bertz CT molecular complexity index is 1290. The molecule has 0 spiro atoms. The number of carbonyl (C=O) groups excluding carboxylic acids is 1. The Kier molecular flexibility index (Phi) is 5.93. The first-order chi connectivity index (χ1) is 16.8. The smallest absolute Gasteiger partial charge is 0.238 e. The number of benzene rings is 2. The van der Waals surface area contributed by atoms with Gasteiger partial charge in [-0.15, -0.1) is 22.0 Å². The van der Waals surface area contributed by atoms with Gasteiger partial charge in [-0.3, -0.25) is 9.36 Å². The maximum Gasteiger partial charge on any atom is 0.238 e. The molecule has 34 heavy (non-hydrogen) atoms. The van der Waals surface area contributed by atoms with Crippen molar-refractivity contribution in [3.05, 3.63) is 90.1 Å². The molecule has 172 valence electrons. The third kappa shape index (κ3) is 4.28. The molecule has 1 aliphatic heterocycles. The van der Waals surface area contributed by atoms with Crippen LogP contribution >= 0.6 is 23.5 Å². The van der Waals surface area contributed by atoms with Crippen molar-refractivity contribution in [2.45, 2.75) is 41.4 Å². The molecule has 0 saturated heterocycles. The van der Waals surface area contributed by atoms with E-state index in [1.165, 1.54) is 11.8 Å². The molecule has 1 unspecified atom stereocenters. The van der Waals surface area contributed by atoms with Crippen molar-refractivity contribution < 1.29 is 9.21 Å². The molecular weight excluding hydrogens is 464 g/mol. The Hall–Kier alpha value is -2.97. The van der Waals surface area contributed by atoms with Crippen LogP contribution in [0, 0.1) is 0 Å². The largest absolute Gasteiger partial charge is 0.467 e. The number of rotatable bonds is 7. The zero-order valence-electron chi connectivity index (χ0n) is 18.5. The van der Waals surface area contributed by atoms with Crippen molar-refractivity contribution in [2.75, 3.05) is 16.4 Å². The van der Waals surface area contributed by atoms with Gasteiger partial charge in [-0.05, 0) is 42.7 Å². The lowest BCUT2D eigenvalue weighted by Crippen LogP contribution is -2.39. The topological polar surface area (TPSA) is 64.2 Å². The van der Waals surface area contributed by atoms with Gasteiger partial charge in [-0.2, -0.15) is 0 Å². The van der Waals surface area contributed by atoms with Gasteiger partial charge in [-0.1, -0.05) is 54.2 Å². The molecule has 1 amide bonds. The van der Waals surface area contributed by atoms with Gasteiger partial charge in [0.2, 0.25) is 5.91 Å². The predicted molar refractivity (Wildman–Crippen MR) is 134 cm³/mol. The van der Waals surface area contributed by atoms with Crippen molar-refractivity contribution in [1.29, 1.82) is 0 Å². The molecule has 0 bridgehead atoms. The van der Waals surface area contributed by atoms with Crippen LogP contribution in [0.1, 0.15) is 41.9 Å². The molecule has 2 aromatic heterocycles. The average molecular weight is 489 g/mol. The highest BCUT2D eigenvalue weighted by Crippen LogP contribution is 2.44. The standard InChI is InChI=1S/C26H24N4O2S2/c31-24(17-34-26-28-27-25(19-12-13-19)29(26)15-20-9-6-14-32-20)30-21-10-4-5-11-23(21)33-16-22(30)18-7-2-1-3-8-18/h1-11,14,19,22H,12-13,15-17H2. The summed E-state index contributed by atoms with van der Waals surface area (Å²) < 4.78 is 7.69. The third-order valence-electron chi connectivity index (χ3n) is 6.19. The van der Waals surface area contributed by atoms with Crippen LogP contribution in [-0.2, 0) is 11.3 Å². The molecule has 3 heterocycles. The number of hydrogen-bond donors (Lipinski definition) is 0. The highest BCUT2D eigenvalue weighted by Gasteiger charge is 2.34. The molecule has 0 N–H and O–H groups in total. The summed E-state index contributed by atoms with van der Waals surface area (Å²) in [6, 6.07) is 22.3. The molecule has 1 atom stereocenters. The summed E-state index contributed by atoms with van der Waals surface area (Å²) in [4.78, 5) is 16.8. The van der Waals surface area contributed by atoms with Crippen LogP contribution in [0.15, 0.2) is 87.5 Å². The zero-order valence-corrected chi connectivity index (χ0v) is 20.2. The van der Waals surface area contributed by atoms with Crippen LogP contribution in [0.3, 0.4) is 0 Å². The minimum Gasteiger partial charge on any atom is -0.467 e. The Labute approximate surface area is 206 Å². The molecule has 1 fully saturated rings. The van der Waals surface area contributed by atoms with Gasteiger partial charge < -0.3 is 9.32 Å². The van der Waals surface area contributed by atoms with Gasteiger partial charge >= 0.3 is 0 Å². The summed E-state index contributed by atoms with van der Waals surface area (Å²) in [5.41, 5.74) is 2.13. The molecule has 6 rings (SSSR count). The van der Waals surface area contributed by atoms with Gasteiger partial charge in [-0.25, -0.2) is 0 Å². The van der Waals surface area contributed by atoms with Crippen molar-refractivity contribution in [2.24, 2.45) is 0 Å². The van der Waals surface area contributed by atoms with Crippen LogP contribution in [0.2, 0.25) is 0 Å². The van der Waals surface area contributed by atoms with E-state index in [1.54, 1.807) is 6.26 Å². The van der Waals surface area contributed by atoms with Crippen LogP contribution < -0.4 is 4.90 Å². The van der Waals surface area contributed by atoms with E-state index in [0.29, 0.717) is 18.2 Å². The van der Waals surface area contributed by atoms with Crippen molar-refractivity contribution in [3.8, 4) is 0 Å². The van der Waals surface area contributed by atoms with Crippen LogP contribution in [-0.4, -0.2) is 32.2 Å². The normalized spacial score (nSPS) is 17.5. The molecule has 6 nitrogen and oxygen atoms in total. The van der Waals surface area contributed by atoms with E-state index in [1.807, 2.05) is 65.2 Å². The summed E-state index contributed by atoms with van der Waals surface area (Å²) in [5.74, 6) is 3.52. The molecule has 1 aliphatic carbocycles. The molecule has 1 saturated carbocycles. The van der Waals surface area contributed by atoms with E-state index in [4.69, 9.17) is 4.42 Å². The second-order valence-electron chi connectivity index (χ2n) is 8.54. The number of thioether (sulfide) groups is 2. The second-order valence-corrected chi connectivity index (χ2v) is 10.5. The number of aromatic nitrogens is 3. The van der Waals surface area contributed by atoms with E-state index in [-0.39, 0.29) is 11.9 Å². The van der Waals surface area contributed by atoms with Crippen LogP contribution in [0.5, 0.6) is 0 Å². The van der Waals surface area contributed by atoms with Gasteiger partial charge in [0, 0.05) is 16.6 Å². The van der Waals surface area contributed by atoms with Gasteiger partial charge in [0.25, 0.3) is 0 Å². The number of para-hydroxylation sites is 1. The fourth-order valence-corrected chi connectivity index (χ4v) is 6.34. The lowest BCUT2D eigenvalue weighted by molar-refractivity contribution is -0.116. The highest BCUT2D eigenvalue weighted by atomic mass is 32.2. The minimum absolute atomic E-state index is 0.00258. The molecule has 2 aromatic carbocycles. The fraction of sp³-hybridized carbons (Fsp3) is 0.269.